The Kier molecular flexibility index (Phi) is 3.74. The number of anilines is 1. The van der Waals surface area contributed by atoms with Crippen molar-refractivity contribution in [1.82, 2.24) is 9.78 Å². The lowest BCUT2D eigenvalue weighted by Crippen LogP contribution is -2.13. The Morgan fingerprint density at radius 3 is 3.00 bits per heavy atom. The predicted molar refractivity (Wildman–Crippen MR) is 80.3 cm³/mol. The van der Waals surface area contributed by atoms with Crippen LogP contribution in [0.4, 0.5) is 5.69 Å². The molecule has 108 valence electrons. The molecule has 0 aliphatic carbocycles. The molecule has 0 fully saturated rings. The highest BCUT2D eigenvalue weighted by Gasteiger charge is 2.10. The lowest BCUT2D eigenvalue weighted by molar-refractivity contribution is 0.282. The molecule has 3 aromatic rings. The molecule has 3 rings (SSSR count). The van der Waals surface area contributed by atoms with Crippen LogP contribution in [-0.2, 0) is 6.54 Å². The van der Waals surface area contributed by atoms with Crippen LogP contribution in [0.15, 0.2) is 51.0 Å². The van der Waals surface area contributed by atoms with Gasteiger partial charge in [-0.25, -0.2) is 4.79 Å². The van der Waals surface area contributed by atoms with Crippen molar-refractivity contribution in [2.24, 2.45) is 0 Å². The third-order valence-corrected chi connectivity index (χ3v) is 3.72. The van der Waals surface area contributed by atoms with Crippen LogP contribution in [0.3, 0.4) is 0 Å². The molecule has 0 unspecified atom stereocenters. The van der Waals surface area contributed by atoms with Gasteiger partial charge >= 0.3 is 11.8 Å². The molecule has 2 heterocycles. The first-order valence-corrected chi connectivity index (χ1v) is 7.15. The van der Waals surface area contributed by atoms with Crippen LogP contribution in [0.2, 0.25) is 0 Å². The topological polar surface area (TPSA) is 69.3 Å². The molecular weight excluding hydrogens is 290 g/mol. The van der Waals surface area contributed by atoms with Gasteiger partial charge < -0.3 is 14.5 Å². The van der Waals surface area contributed by atoms with Crippen LogP contribution in [-0.4, -0.2) is 16.9 Å². The lowest BCUT2D eigenvalue weighted by Gasteiger charge is -2.06. The van der Waals surface area contributed by atoms with Crippen LogP contribution in [0.25, 0.3) is 5.69 Å². The van der Waals surface area contributed by atoms with E-state index in [0.29, 0.717) is 5.69 Å². The molecule has 7 heteroatoms. The number of benzene rings is 1. The second kappa shape index (κ2) is 5.84. The quantitative estimate of drug-likeness (QED) is 0.784. The maximum Gasteiger partial charge on any atom is 0.444 e. The fraction of sp³-hybridized carbons (Fsp3) is 0.143. The van der Waals surface area contributed by atoms with Crippen molar-refractivity contribution < 1.29 is 9.15 Å². The van der Waals surface area contributed by atoms with Crippen LogP contribution >= 0.6 is 11.3 Å². The highest BCUT2D eigenvalue weighted by Crippen LogP contribution is 2.16. The Morgan fingerprint density at radius 2 is 2.29 bits per heavy atom. The zero-order chi connectivity index (χ0) is 14.7. The molecule has 0 saturated carbocycles. The molecule has 1 N–H and O–H groups in total. The fourth-order valence-corrected chi connectivity index (χ4v) is 2.50. The Balaban J connectivity index is 1.82. The smallest absolute Gasteiger partial charge is 0.444 e. The summed E-state index contributed by atoms with van der Waals surface area (Å²) < 4.78 is 10.8. The third-order valence-electron chi connectivity index (χ3n) is 2.84. The number of rotatable bonds is 5. The molecule has 21 heavy (non-hydrogen) atoms. The predicted octanol–water partition coefficient (Wildman–Crippen LogP) is 2.51. The summed E-state index contributed by atoms with van der Waals surface area (Å²) in [6.07, 6.45) is -0.0584. The van der Waals surface area contributed by atoms with Gasteiger partial charge in [0.15, 0.2) is 0 Å². The van der Waals surface area contributed by atoms with E-state index in [9.17, 15) is 4.79 Å². The number of hydrogen-bond donors (Lipinski definition) is 1. The van der Waals surface area contributed by atoms with Crippen molar-refractivity contribution in [1.29, 1.82) is 0 Å². The van der Waals surface area contributed by atoms with E-state index in [1.54, 1.807) is 17.4 Å². The highest BCUT2D eigenvalue weighted by molar-refractivity contribution is 7.09. The SMILES string of the molecule is COc1nn(-c2cccc(NCc3cccs3)c2)c(=O)o1. The minimum absolute atomic E-state index is 0.0584. The highest BCUT2D eigenvalue weighted by atomic mass is 32.1. The molecule has 0 spiro atoms. The maximum absolute atomic E-state index is 11.7. The van der Waals surface area contributed by atoms with E-state index in [1.165, 1.54) is 12.0 Å². The average molecular weight is 303 g/mol. The molecule has 0 radical (unpaired) electrons. The summed E-state index contributed by atoms with van der Waals surface area (Å²) in [6.45, 7) is 0.734. The summed E-state index contributed by atoms with van der Waals surface area (Å²) in [5, 5.41) is 9.28. The first-order chi connectivity index (χ1) is 10.3. The van der Waals surface area contributed by atoms with Crippen molar-refractivity contribution in [3.8, 4) is 11.8 Å². The lowest BCUT2D eigenvalue weighted by atomic mass is 10.2. The molecule has 1 aromatic carbocycles. The van der Waals surface area contributed by atoms with E-state index in [1.807, 2.05) is 29.6 Å². The van der Waals surface area contributed by atoms with Gasteiger partial charge in [0.2, 0.25) is 0 Å². The van der Waals surface area contributed by atoms with Gasteiger partial charge in [-0.1, -0.05) is 17.2 Å². The summed E-state index contributed by atoms with van der Waals surface area (Å²) in [4.78, 5) is 12.9. The minimum Gasteiger partial charge on any atom is -0.452 e. The average Bonchev–Trinajstić information content (AvgIpc) is 3.14. The Hall–Kier alpha value is -2.54. The zero-order valence-corrected chi connectivity index (χ0v) is 12.1. The summed E-state index contributed by atoms with van der Waals surface area (Å²) >= 11 is 1.69. The Bertz CT molecular complexity index is 777. The van der Waals surface area contributed by atoms with E-state index in [0.717, 1.165) is 16.9 Å². The van der Waals surface area contributed by atoms with Gasteiger partial charge in [-0.05, 0) is 29.6 Å². The van der Waals surface area contributed by atoms with Crippen molar-refractivity contribution >= 4 is 17.0 Å². The van der Waals surface area contributed by atoms with Gasteiger partial charge in [0, 0.05) is 17.1 Å². The normalized spacial score (nSPS) is 10.5. The Labute approximate surface area is 124 Å². The van der Waals surface area contributed by atoms with Gasteiger partial charge in [-0.3, -0.25) is 0 Å². The minimum atomic E-state index is -0.581. The number of nitrogens with zero attached hydrogens (tertiary/aromatic N) is 2. The maximum atomic E-state index is 11.7. The van der Waals surface area contributed by atoms with E-state index >= 15 is 0 Å². The van der Waals surface area contributed by atoms with Crippen molar-refractivity contribution in [2.45, 2.75) is 6.54 Å². The standard InChI is InChI=1S/C14H13N3O3S/c1-19-13-16-17(14(18)20-13)11-5-2-4-10(8-11)15-9-12-6-3-7-21-12/h2-8,15H,9H2,1H3. The Morgan fingerprint density at radius 1 is 1.38 bits per heavy atom. The summed E-state index contributed by atoms with van der Waals surface area (Å²) in [5.74, 6) is -0.581. The second-order valence-electron chi connectivity index (χ2n) is 4.23. The largest absolute Gasteiger partial charge is 0.452 e. The molecule has 0 bridgehead atoms. The zero-order valence-electron chi connectivity index (χ0n) is 11.3. The van der Waals surface area contributed by atoms with Crippen LogP contribution < -0.4 is 15.8 Å². The fourth-order valence-electron chi connectivity index (χ4n) is 1.86. The number of aromatic nitrogens is 2. The summed E-state index contributed by atoms with van der Waals surface area (Å²) in [6, 6.07) is 11.5. The first kappa shape index (κ1) is 13.4. The summed E-state index contributed by atoms with van der Waals surface area (Å²) in [7, 11) is 1.40. The number of ether oxygens (including phenoxy) is 1. The third kappa shape index (κ3) is 2.97. The molecule has 0 aliphatic rings. The van der Waals surface area contributed by atoms with E-state index in [-0.39, 0.29) is 6.08 Å². The number of methoxy groups -OCH3 is 1. The van der Waals surface area contributed by atoms with Crippen molar-refractivity contribution in [3.05, 3.63) is 57.2 Å². The van der Waals surface area contributed by atoms with Gasteiger partial charge in [0.1, 0.15) is 0 Å². The number of thiophene rings is 1. The van der Waals surface area contributed by atoms with Crippen molar-refractivity contribution in [3.63, 3.8) is 0 Å². The molecule has 2 aromatic heterocycles. The van der Waals surface area contributed by atoms with Crippen LogP contribution in [0.5, 0.6) is 6.08 Å². The second-order valence-corrected chi connectivity index (χ2v) is 5.27. The van der Waals surface area contributed by atoms with E-state index in [4.69, 9.17) is 9.15 Å². The molecule has 6 nitrogen and oxygen atoms in total. The number of nitrogens with one attached hydrogen (secondary N) is 1. The van der Waals surface area contributed by atoms with Crippen LogP contribution in [0, 0.1) is 0 Å². The van der Waals surface area contributed by atoms with E-state index in [2.05, 4.69) is 16.5 Å². The molecular formula is C14H13N3O3S. The van der Waals surface area contributed by atoms with Gasteiger partial charge in [-0.2, -0.15) is 4.68 Å². The van der Waals surface area contributed by atoms with Crippen LogP contribution in [0.1, 0.15) is 4.88 Å². The van der Waals surface area contributed by atoms with Gasteiger partial charge in [-0.15, -0.1) is 11.3 Å². The van der Waals surface area contributed by atoms with E-state index < -0.39 is 5.76 Å². The monoisotopic (exact) mass is 303 g/mol. The molecule has 0 atom stereocenters. The van der Waals surface area contributed by atoms with Crippen molar-refractivity contribution in [2.75, 3.05) is 12.4 Å². The molecule has 0 amide bonds. The van der Waals surface area contributed by atoms with Gasteiger partial charge in [0.25, 0.3) is 0 Å². The molecule has 0 saturated heterocycles. The van der Waals surface area contributed by atoms with Gasteiger partial charge in [0.05, 0.1) is 12.8 Å². The number of hydrogen-bond acceptors (Lipinski definition) is 6. The first-order valence-electron chi connectivity index (χ1n) is 6.27. The summed E-state index contributed by atoms with van der Waals surface area (Å²) in [5.41, 5.74) is 1.51. The molecule has 0 aliphatic heterocycles.